The highest BCUT2D eigenvalue weighted by atomic mass is 19.1. The second kappa shape index (κ2) is 7.99. The molecule has 1 aromatic heterocycles. The first-order chi connectivity index (χ1) is 14.1. The Balaban J connectivity index is 1.50. The van der Waals surface area contributed by atoms with Gasteiger partial charge in [0.25, 0.3) is 0 Å². The van der Waals surface area contributed by atoms with Gasteiger partial charge in [-0.2, -0.15) is 5.26 Å². The Kier molecular flexibility index (Phi) is 5.08. The van der Waals surface area contributed by atoms with E-state index in [4.69, 9.17) is 4.74 Å². The maximum absolute atomic E-state index is 13.0. The SMILES string of the molecule is Cc1ccc2nc(/C(C#N)=C\c3ccc(OCc4ccc(F)cc4)cc3)[nH]c2c1. The molecule has 0 aliphatic rings. The van der Waals surface area contributed by atoms with Gasteiger partial charge in [0.2, 0.25) is 0 Å². The molecule has 4 rings (SSSR count). The summed E-state index contributed by atoms with van der Waals surface area (Å²) in [6.07, 6.45) is 1.79. The minimum absolute atomic E-state index is 0.266. The van der Waals surface area contributed by atoms with Crippen LogP contribution in [0.2, 0.25) is 0 Å². The molecule has 0 spiro atoms. The Morgan fingerprint density at radius 2 is 1.86 bits per heavy atom. The number of ether oxygens (including phenoxy) is 1. The standard InChI is InChI=1S/C24H18FN3O/c1-16-2-11-22-23(12-16)28-24(27-22)19(14-26)13-17-5-9-21(10-6-17)29-15-18-3-7-20(25)8-4-18/h2-13H,15H2,1H3,(H,27,28)/b19-13-. The number of nitrogens with zero attached hydrogens (tertiary/aromatic N) is 2. The predicted molar refractivity (Wildman–Crippen MR) is 111 cm³/mol. The number of hydrogen-bond acceptors (Lipinski definition) is 3. The van der Waals surface area contributed by atoms with E-state index in [1.807, 2.05) is 49.4 Å². The number of hydrogen-bond donors (Lipinski definition) is 1. The number of H-pyrrole nitrogens is 1. The Bertz CT molecular complexity index is 1220. The zero-order valence-electron chi connectivity index (χ0n) is 15.8. The lowest BCUT2D eigenvalue weighted by molar-refractivity contribution is 0.306. The molecule has 1 N–H and O–H groups in total. The number of nitriles is 1. The third-order valence-corrected chi connectivity index (χ3v) is 4.52. The molecule has 0 atom stereocenters. The summed E-state index contributed by atoms with van der Waals surface area (Å²) in [7, 11) is 0. The van der Waals surface area contributed by atoms with E-state index in [0.717, 1.165) is 27.7 Å². The molecule has 0 bridgehead atoms. The van der Waals surface area contributed by atoms with E-state index in [-0.39, 0.29) is 5.82 Å². The van der Waals surface area contributed by atoms with Crippen LogP contribution in [0.3, 0.4) is 0 Å². The Labute approximate surface area is 167 Å². The number of rotatable bonds is 5. The summed E-state index contributed by atoms with van der Waals surface area (Å²) >= 11 is 0. The number of imidazole rings is 1. The third kappa shape index (κ3) is 4.33. The molecule has 0 radical (unpaired) electrons. The summed E-state index contributed by atoms with van der Waals surface area (Å²) in [5.74, 6) is 0.978. The zero-order chi connectivity index (χ0) is 20.2. The van der Waals surface area contributed by atoms with E-state index in [9.17, 15) is 9.65 Å². The van der Waals surface area contributed by atoms with Gasteiger partial charge in [0, 0.05) is 0 Å². The van der Waals surface area contributed by atoms with Crippen molar-refractivity contribution < 1.29 is 9.13 Å². The van der Waals surface area contributed by atoms with Crippen LogP contribution in [0.5, 0.6) is 5.75 Å². The maximum atomic E-state index is 13.0. The Morgan fingerprint density at radius 1 is 1.10 bits per heavy atom. The highest BCUT2D eigenvalue weighted by Gasteiger charge is 2.08. The minimum Gasteiger partial charge on any atom is -0.489 e. The zero-order valence-corrected chi connectivity index (χ0v) is 15.8. The Hall–Kier alpha value is -3.91. The van der Waals surface area contributed by atoms with Crippen LogP contribution in [-0.2, 0) is 6.61 Å². The van der Waals surface area contributed by atoms with Gasteiger partial charge in [-0.15, -0.1) is 0 Å². The number of allylic oxidation sites excluding steroid dienone is 1. The number of aromatic amines is 1. The fraction of sp³-hybridized carbons (Fsp3) is 0.0833. The van der Waals surface area contributed by atoms with Crippen molar-refractivity contribution >= 4 is 22.7 Å². The molecule has 0 fully saturated rings. The first-order valence-corrected chi connectivity index (χ1v) is 9.16. The van der Waals surface area contributed by atoms with Crippen LogP contribution in [0.25, 0.3) is 22.7 Å². The molecule has 0 aliphatic heterocycles. The van der Waals surface area contributed by atoms with E-state index in [1.165, 1.54) is 12.1 Å². The largest absolute Gasteiger partial charge is 0.489 e. The van der Waals surface area contributed by atoms with Gasteiger partial charge in [-0.3, -0.25) is 0 Å². The number of aromatic nitrogens is 2. The van der Waals surface area contributed by atoms with Gasteiger partial charge in [-0.1, -0.05) is 30.3 Å². The second-order valence-corrected chi connectivity index (χ2v) is 6.76. The van der Waals surface area contributed by atoms with E-state index in [1.54, 1.807) is 18.2 Å². The smallest absolute Gasteiger partial charge is 0.149 e. The molecule has 3 aromatic carbocycles. The molecule has 0 saturated heterocycles. The lowest BCUT2D eigenvalue weighted by atomic mass is 10.1. The fourth-order valence-electron chi connectivity index (χ4n) is 2.98. The highest BCUT2D eigenvalue weighted by molar-refractivity contribution is 5.90. The van der Waals surface area contributed by atoms with Gasteiger partial charge in [-0.25, -0.2) is 9.37 Å². The normalized spacial score (nSPS) is 11.4. The molecule has 0 unspecified atom stereocenters. The predicted octanol–water partition coefficient (Wildman–Crippen LogP) is 5.65. The number of nitrogens with one attached hydrogen (secondary N) is 1. The van der Waals surface area contributed by atoms with Crippen LogP contribution >= 0.6 is 0 Å². The summed E-state index contributed by atoms with van der Waals surface area (Å²) in [5.41, 5.74) is 5.09. The van der Waals surface area contributed by atoms with Gasteiger partial charge in [0.1, 0.15) is 30.1 Å². The van der Waals surface area contributed by atoms with Crippen molar-refractivity contribution in [2.75, 3.05) is 0 Å². The Morgan fingerprint density at radius 3 is 2.59 bits per heavy atom. The van der Waals surface area contributed by atoms with E-state index >= 15 is 0 Å². The monoisotopic (exact) mass is 383 g/mol. The molecule has 0 aliphatic carbocycles. The van der Waals surface area contributed by atoms with Gasteiger partial charge in [0.15, 0.2) is 0 Å². The third-order valence-electron chi connectivity index (χ3n) is 4.52. The van der Waals surface area contributed by atoms with E-state index in [0.29, 0.717) is 23.8 Å². The molecule has 0 saturated carbocycles. The minimum atomic E-state index is -0.266. The highest BCUT2D eigenvalue weighted by Crippen LogP contribution is 2.21. The number of halogens is 1. The molecule has 5 heteroatoms. The van der Waals surface area contributed by atoms with Crippen molar-refractivity contribution in [2.45, 2.75) is 13.5 Å². The topological polar surface area (TPSA) is 61.7 Å². The average Bonchev–Trinajstić information content (AvgIpc) is 3.15. The van der Waals surface area contributed by atoms with Crippen LogP contribution in [-0.4, -0.2) is 9.97 Å². The summed E-state index contributed by atoms with van der Waals surface area (Å²) < 4.78 is 18.7. The molecule has 29 heavy (non-hydrogen) atoms. The van der Waals surface area contributed by atoms with E-state index < -0.39 is 0 Å². The van der Waals surface area contributed by atoms with Crippen molar-refractivity contribution in [2.24, 2.45) is 0 Å². The summed E-state index contributed by atoms with van der Waals surface area (Å²) in [6.45, 7) is 2.37. The van der Waals surface area contributed by atoms with Crippen molar-refractivity contribution in [3.8, 4) is 11.8 Å². The van der Waals surface area contributed by atoms with Crippen molar-refractivity contribution in [3.05, 3.63) is 95.1 Å². The second-order valence-electron chi connectivity index (χ2n) is 6.76. The molecule has 0 amide bonds. The van der Waals surface area contributed by atoms with Crippen LogP contribution in [0.4, 0.5) is 4.39 Å². The van der Waals surface area contributed by atoms with Crippen LogP contribution in [0, 0.1) is 24.1 Å². The molecule has 142 valence electrons. The van der Waals surface area contributed by atoms with Gasteiger partial charge in [-0.05, 0) is 66.1 Å². The lowest BCUT2D eigenvalue weighted by Gasteiger charge is -2.06. The number of aryl methyl sites for hydroxylation is 1. The van der Waals surface area contributed by atoms with Crippen molar-refractivity contribution in [1.82, 2.24) is 9.97 Å². The summed E-state index contributed by atoms with van der Waals surface area (Å²) in [6, 6.07) is 21.8. The van der Waals surface area contributed by atoms with Crippen LogP contribution < -0.4 is 4.74 Å². The molecular formula is C24H18FN3O. The van der Waals surface area contributed by atoms with Gasteiger partial charge < -0.3 is 9.72 Å². The summed E-state index contributed by atoms with van der Waals surface area (Å²) in [4.78, 5) is 7.72. The quantitative estimate of drug-likeness (QED) is 0.453. The number of benzene rings is 3. The van der Waals surface area contributed by atoms with Crippen molar-refractivity contribution in [3.63, 3.8) is 0 Å². The first-order valence-electron chi connectivity index (χ1n) is 9.16. The fourth-order valence-corrected chi connectivity index (χ4v) is 2.98. The lowest BCUT2D eigenvalue weighted by Crippen LogP contribution is -1.95. The molecule has 4 aromatic rings. The summed E-state index contributed by atoms with van der Waals surface area (Å²) in [5, 5.41) is 9.58. The average molecular weight is 383 g/mol. The maximum Gasteiger partial charge on any atom is 0.149 e. The van der Waals surface area contributed by atoms with E-state index in [2.05, 4.69) is 16.0 Å². The first kappa shape index (κ1) is 18.5. The number of fused-ring (bicyclic) bond motifs is 1. The van der Waals surface area contributed by atoms with Crippen LogP contribution in [0.1, 0.15) is 22.5 Å². The molecule has 1 heterocycles. The van der Waals surface area contributed by atoms with Gasteiger partial charge >= 0.3 is 0 Å². The molecule has 4 nitrogen and oxygen atoms in total. The van der Waals surface area contributed by atoms with Crippen molar-refractivity contribution in [1.29, 1.82) is 5.26 Å². The van der Waals surface area contributed by atoms with Gasteiger partial charge in [0.05, 0.1) is 16.6 Å². The molecular weight excluding hydrogens is 365 g/mol. The van der Waals surface area contributed by atoms with Crippen LogP contribution in [0.15, 0.2) is 66.7 Å².